The van der Waals surface area contributed by atoms with Crippen molar-refractivity contribution in [1.29, 1.82) is 0 Å². The Morgan fingerprint density at radius 2 is 2.12 bits per heavy atom. The third kappa shape index (κ3) is 3.55. The number of amides is 2. The summed E-state index contributed by atoms with van der Waals surface area (Å²) in [6.07, 6.45) is 2.00. The van der Waals surface area contributed by atoms with Gasteiger partial charge in [0.2, 0.25) is 5.91 Å². The van der Waals surface area contributed by atoms with Gasteiger partial charge in [-0.2, -0.15) is 0 Å². The zero-order valence-corrected chi connectivity index (χ0v) is 15.5. The molecule has 0 N–H and O–H groups in total. The van der Waals surface area contributed by atoms with Crippen molar-refractivity contribution in [3.63, 3.8) is 0 Å². The second kappa shape index (κ2) is 7.14. The Morgan fingerprint density at radius 1 is 1.36 bits per heavy atom. The first kappa shape index (κ1) is 17.9. The molecule has 2 aliphatic rings. The summed E-state index contributed by atoms with van der Waals surface area (Å²) in [6, 6.07) is 5.98. The number of ether oxygens (including phenoxy) is 1. The van der Waals surface area contributed by atoms with Crippen LogP contribution >= 0.6 is 0 Å². The predicted molar refractivity (Wildman–Crippen MR) is 97.0 cm³/mol. The molecule has 0 aromatic heterocycles. The van der Waals surface area contributed by atoms with Crippen molar-refractivity contribution in [3.05, 3.63) is 29.3 Å². The van der Waals surface area contributed by atoms with Crippen molar-refractivity contribution >= 4 is 17.5 Å². The van der Waals surface area contributed by atoms with Gasteiger partial charge >= 0.3 is 0 Å². The van der Waals surface area contributed by atoms with Crippen LogP contribution in [-0.2, 0) is 16.0 Å². The van der Waals surface area contributed by atoms with E-state index in [0.29, 0.717) is 24.7 Å². The van der Waals surface area contributed by atoms with Crippen molar-refractivity contribution in [2.24, 2.45) is 0 Å². The summed E-state index contributed by atoms with van der Waals surface area (Å²) in [5.74, 6) is 0.0743. The zero-order valence-electron chi connectivity index (χ0n) is 15.5. The summed E-state index contributed by atoms with van der Waals surface area (Å²) >= 11 is 0. The second-order valence-corrected chi connectivity index (χ2v) is 7.14. The fourth-order valence-electron chi connectivity index (χ4n) is 3.89. The maximum Gasteiger partial charge on any atom is 0.253 e. The van der Waals surface area contributed by atoms with E-state index >= 15 is 0 Å². The number of hydrogen-bond donors (Lipinski definition) is 0. The molecular formula is C19H27N3O3. The highest BCUT2D eigenvalue weighted by Crippen LogP contribution is 2.29. The van der Waals surface area contributed by atoms with Crippen LogP contribution in [0.1, 0.15) is 29.3 Å². The number of likely N-dealkylation sites (tertiary alicyclic amines) is 1. The monoisotopic (exact) mass is 345 g/mol. The van der Waals surface area contributed by atoms with Crippen molar-refractivity contribution in [3.8, 4) is 0 Å². The van der Waals surface area contributed by atoms with E-state index in [1.807, 2.05) is 25.2 Å². The number of hydrogen-bond acceptors (Lipinski definition) is 4. The number of likely N-dealkylation sites (N-methyl/N-ethyl adjacent to an activating group) is 2. The maximum atomic E-state index is 12.8. The van der Waals surface area contributed by atoms with Gasteiger partial charge in [0.1, 0.15) is 0 Å². The highest BCUT2D eigenvalue weighted by molar-refractivity contribution is 5.97. The number of anilines is 1. The molecule has 0 spiro atoms. The first-order valence-corrected chi connectivity index (χ1v) is 8.80. The van der Waals surface area contributed by atoms with Crippen LogP contribution in [0, 0.1) is 0 Å². The van der Waals surface area contributed by atoms with E-state index in [2.05, 4.69) is 11.9 Å². The lowest BCUT2D eigenvalue weighted by atomic mass is 10.1. The summed E-state index contributed by atoms with van der Waals surface area (Å²) in [5, 5.41) is 0. The number of carbonyl (C=O) groups is 2. The Bertz CT molecular complexity index is 676. The van der Waals surface area contributed by atoms with Crippen molar-refractivity contribution in [1.82, 2.24) is 9.80 Å². The van der Waals surface area contributed by atoms with E-state index in [1.165, 1.54) is 0 Å². The molecule has 0 radical (unpaired) electrons. The van der Waals surface area contributed by atoms with Crippen LogP contribution in [0.3, 0.4) is 0 Å². The maximum absolute atomic E-state index is 12.8. The molecule has 0 unspecified atom stereocenters. The van der Waals surface area contributed by atoms with E-state index in [-0.39, 0.29) is 17.9 Å². The molecule has 0 saturated carbocycles. The molecule has 0 bridgehead atoms. The molecule has 2 atom stereocenters. The van der Waals surface area contributed by atoms with Crippen molar-refractivity contribution in [2.75, 3.05) is 45.7 Å². The Kier molecular flexibility index (Phi) is 5.11. The fourth-order valence-corrected chi connectivity index (χ4v) is 3.89. The Hall–Kier alpha value is -1.92. The van der Waals surface area contributed by atoms with Crippen LogP contribution in [-0.4, -0.2) is 74.6 Å². The number of nitrogens with zero attached hydrogens (tertiary/aromatic N) is 3. The van der Waals surface area contributed by atoms with Gasteiger partial charge in [-0.05, 0) is 43.7 Å². The average molecular weight is 345 g/mol. The quantitative estimate of drug-likeness (QED) is 0.827. The summed E-state index contributed by atoms with van der Waals surface area (Å²) in [5.41, 5.74) is 2.70. The largest absolute Gasteiger partial charge is 0.380 e. The zero-order chi connectivity index (χ0) is 18.1. The Labute approximate surface area is 149 Å². The van der Waals surface area contributed by atoms with E-state index in [0.717, 1.165) is 30.6 Å². The lowest BCUT2D eigenvalue weighted by molar-refractivity contribution is -0.116. The minimum atomic E-state index is 0.0262. The molecule has 3 rings (SSSR count). The smallest absolute Gasteiger partial charge is 0.253 e. The first-order valence-electron chi connectivity index (χ1n) is 8.80. The molecule has 1 aromatic carbocycles. The van der Waals surface area contributed by atoms with Gasteiger partial charge in [-0.1, -0.05) is 0 Å². The Morgan fingerprint density at radius 3 is 2.76 bits per heavy atom. The third-order valence-corrected chi connectivity index (χ3v) is 5.42. The number of rotatable bonds is 4. The highest BCUT2D eigenvalue weighted by Gasteiger charge is 2.31. The molecule has 136 valence electrons. The molecule has 2 heterocycles. The van der Waals surface area contributed by atoms with Crippen LogP contribution in [0.2, 0.25) is 0 Å². The lowest BCUT2D eigenvalue weighted by Crippen LogP contribution is -2.39. The summed E-state index contributed by atoms with van der Waals surface area (Å²) < 4.78 is 5.44. The SMILES string of the molecule is CO[C@H]1C[C@@H](CN(C)C(=O)c2ccc3c(c2)CCN3C(C)=O)N(C)C1. The first-order chi connectivity index (χ1) is 11.9. The number of benzene rings is 1. The van der Waals surface area contributed by atoms with Gasteiger partial charge in [0.25, 0.3) is 5.91 Å². The summed E-state index contributed by atoms with van der Waals surface area (Å²) in [6.45, 7) is 3.87. The average Bonchev–Trinajstić information content (AvgIpc) is 3.17. The molecule has 1 fully saturated rings. The predicted octanol–water partition coefficient (Wildman–Crippen LogP) is 1.39. The minimum Gasteiger partial charge on any atom is -0.380 e. The molecule has 1 saturated heterocycles. The van der Waals surface area contributed by atoms with Crippen LogP contribution in [0.5, 0.6) is 0 Å². The van der Waals surface area contributed by atoms with E-state index in [1.54, 1.807) is 23.8 Å². The number of methoxy groups -OCH3 is 1. The standard InChI is InChI=1S/C19H27N3O3/c1-13(23)22-8-7-14-9-15(5-6-18(14)22)19(24)21(3)11-16-10-17(25-4)12-20(16)2/h5-6,9,16-17H,7-8,10-12H2,1-4H3/t16-,17-/m0/s1. The van der Waals surface area contributed by atoms with Gasteiger partial charge in [0.15, 0.2) is 0 Å². The minimum absolute atomic E-state index is 0.0262. The van der Waals surface area contributed by atoms with Crippen molar-refractivity contribution < 1.29 is 14.3 Å². The fraction of sp³-hybridized carbons (Fsp3) is 0.579. The molecule has 25 heavy (non-hydrogen) atoms. The van der Waals surface area contributed by atoms with Crippen LogP contribution < -0.4 is 4.90 Å². The van der Waals surface area contributed by atoms with Crippen LogP contribution in [0.15, 0.2) is 18.2 Å². The molecule has 6 nitrogen and oxygen atoms in total. The van der Waals surface area contributed by atoms with E-state index < -0.39 is 0 Å². The number of carbonyl (C=O) groups excluding carboxylic acids is 2. The molecule has 6 heteroatoms. The molecular weight excluding hydrogens is 318 g/mol. The highest BCUT2D eigenvalue weighted by atomic mass is 16.5. The van der Waals surface area contributed by atoms with Gasteiger partial charge < -0.3 is 14.5 Å². The van der Waals surface area contributed by atoms with E-state index in [4.69, 9.17) is 4.74 Å². The summed E-state index contributed by atoms with van der Waals surface area (Å²) in [7, 11) is 5.67. The molecule has 0 aliphatic carbocycles. The van der Waals surface area contributed by atoms with E-state index in [9.17, 15) is 9.59 Å². The van der Waals surface area contributed by atoms with Gasteiger partial charge in [-0.15, -0.1) is 0 Å². The van der Waals surface area contributed by atoms with Gasteiger partial charge in [-0.25, -0.2) is 0 Å². The van der Waals surface area contributed by atoms with Crippen LogP contribution in [0.25, 0.3) is 0 Å². The van der Waals surface area contributed by atoms with Crippen molar-refractivity contribution in [2.45, 2.75) is 31.9 Å². The van der Waals surface area contributed by atoms with Gasteiger partial charge in [0.05, 0.1) is 6.10 Å². The molecule has 2 amide bonds. The third-order valence-electron chi connectivity index (χ3n) is 5.42. The Balaban J connectivity index is 1.68. The summed E-state index contributed by atoms with van der Waals surface area (Å²) in [4.78, 5) is 30.3. The lowest BCUT2D eigenvalue weighted by Gasteiger charge is -2.26. The number of fused-ring (bicyclic) bond motifs is 1. The van der Waals surface area contributed by atoms with Crippen LogP contribution in [0.4, 0.5) is 5.69 Å². The van der Waals surface area contributed by atoms with Gasteiger partial charge in [0, 0.05) is 58.0 Å². The molecule has 2 aliphatic heterocycles. The molecule has 1 aromatic rings. The normalized spacial score (nSPS) is 23.0. The topological polar surface area (TPSA) is 53.1 Å². The second-order valence-electron chi connectivity index (χ2n) is 7.14. The van der Waals surface area contributed by atoms with Gasteiger partial charge in [-0.3, -0.25) is 14.5 Å².